The minimum Gasteiger partial charge on any atom is -0.387 e. The van der Waals surface area contributed by atoms with Gasteiger partial charge < -0.3 is 10.4 Å². The molecule has 1 aromatic rings. The van der Waals surface area contributed by atoms with Crippen LogP contribution in [0.15, 0.2) is 12.1 Å². The summed E-state index contributed by atoms with van der Waals surface area (Å²) >= 11 is 5.86. The van der Waals surface area contributed by atoms with Crippen LogP contribution < -0.4 is 5.32 Å². The van der Waals surface area contributed by atoms with Gasteiger partial charge in [0.05, 0.1) is 6.10 Å². The number of aromatic nitrogens is 1. The van der Waals surface area contributed by atoms with E-state index < -0.39 is 6.10 Å². The number of nitrogens with zero attached hydrogens (tertiary/aromatic N) is 1. The molecule has 1 rings (SSSR count). The second kappa shape index (κ2) is 4.56. The van der Waals surface area contributed by atoms with Crippen LogP contribution in [0.2, 0.25) is 5.15 Å². The molecule has 0 radical (unpaired) electrons. The van der Waals surface area contributed by atoms with Gasteiger partial charge in [-0.1, -0.05) is 17.7 Å². The fourth-order valence-electron chi connectivity index (χ4n) is 1.09. The second-order valence-electron chi connectivity index (χ2n) is 2.91. The van der Waals surface area contributed by atoms with Gasteiger partial charge in [0.1, 0.15) is 5.15 Å². The minimum atomic E-state index is -0.592. The number of aryl methyl sites for hydroxylation is 1. The summed E-state index contributed by atoms with van der Waals surface area (Å²) in [5, 5.41) is 12.9. The van der Waals surface area contributed by atoms with Gasteiger partial charge in [-0.05, 0) is 20.0 Å². The average Bonchev–Trinajstić information content (AvgIpc) is 2.04. The van der Waals surface area contributed by atoms with Crippen LogP contribution in [0.1, 0.15) is 17.4 Å². The van der Waals surface area contributed by atoms with Gasteiger partial charge in [-0.25, -0.2) is 4.98 Å². The zero-order valence-corrected chi connectivity index (χ0v) is 8.47. The van der Waals surface area contributed by atoms with E-state index in [0.717, 1.165) is 5.69 Å². The smallest absolute Gasteiger partial charge is 0.135 e. The Balaban J connectivity index is 2.88. The molecule has 0 aliphatic rings. The molecule has 0 bridgehead atoms. The van der Waals surface area contributed by atoms with Gasteiger partial charge in [-0.2, -0.15) is 0 Å². The highest BCUT2D eigenvalue weighted by Gasteiger charge is 2.10. The molecule has 13 heavy (non-hydrogen) atoms. The Morgan fingerprint density at radius 3 is 2.85 bits per heavy atom. The molecule has 0 aromatic carbocycles. The van der Waals surface area contributed by atoms with Crippen LogP contribution in [0.25, 0.3) is 0 Å². The molecule has 0 spiro atoms. The molecule has 1 aromatic heterocycles. The van der Waals surface area contributed by atoms with Crippen LogP contribution in [0.4, 0.5) is 0 Å². The SMILES string of the molecule is CNCC(O)c1ccc(C)nc1Cl. The molecular weight excluding hydrogens is 188 g/mol. The molecule has 0 saturated carbocycles. The Morgan fingerprint density at radius 1 is 1.62 bits per heavy atom. The quantitative estimate of drug-likeness (QED) is 0.723. The van der Waals surface area contributed by atoms with E-state index in [4.69, 9.17) is 11.6 Å². The maximum atomic E-state index is 9.61. The predicted octanol–water partition coefficient (Wildman–Crippen LogP) is 1.30. The summed E-state index contributed by atoms with van der Waals surface area (Å²) in [6, 6.07) is 3.63. The predicted molar refractivity (Wildman–Crippen MR) is 52.9 cm³/mol. The van der Waals surface area contributed by atoms with E-state index in [1.165, 1.54) is 0 Å². The van der Waals surface area contributed by atoms with Gasteiger partial charge in [0.2, 0.25) is 0 Å². The third-order valence-electron chi connectivity index (χ3n) is 1.77. The number of hydrogen-bond donors (Lipinski definition) is 2. The number of likely N-dealkylation sites (N-methyl/N-ethyl adjacent to an activating group) is 1. The Hall–Kier alpha value is -0.640. The number of rotatable bonds is 3. The normalized spacial score (nSPS) is 12.9. The van der Waals surface area contributed by atoms with Crippen molar-refractivity contribution in [2.75, 3.05) is 13.6 Å². The number of nitrogens with one attached hydrogen (secondary N) is 1. The third kappa shape index (κ3) is 2.66. The van der Waals surface area contributed by atoms with Crippen molar-refractivity contribution < 1.29 is 5.11 Å². The van der Waals surface area contributed by atoms with Crippen LogP contribution in [-0.4, -0.2) is 23.7 Å². The van der Waals surface area contributed by atoms with Gasteiger partial charge in [0.25, 0.3) is 0 Å². The highest BCUT2D eigenvalue weighted by molar-refractivity contribution is 6.30. The number of aliphatic hydroxyl groups excluding tert-OH is 1. The molecule has 0 aliphatic carbocycles. The van der Waals surface area contributed by atoms with Gasteiger partial charge in [0.15, 0.2) is 0 Å². The first-order valence-electron chi connectivity index (χ1n) is 4.11. The lowest BCUT2D eigenvalue weighted by Gasteiger charge is -2.11. The maximum Gasteiger partial charge on any atom is 0.135 e. The van der Waals surface area contributed by atoms with Crippen molar-refractivity contribution in [1.82, 2.24) is 10.3 Å². The molecule has 0 amide bonds. The van der Waals surface area contributed by atoms with Crippen molar-refractivity contribution in [3.8, 4) is 0 Å². The molecule has 4 heteroatoms. The van der Waals surface area contributed by atoms with E-state index >= 15 is 0 Å². The van der Waals surface area contributed by atoms with E-state index in [9.17, 15) is 5.11 Å². The molecule has 3 nitrogen and oxygen atoms in total. The van der Waals surface area contributed by atoms with Crippen molar-refractivity contribution in [1.29, 1.82) is 0 Å². The van der Waals surface area contributed by atoms with Gasteiger partial charge in [-0.15, -0.1) is 0 Å². The van der Waals surface area contributed by atoms with Crippen LogP contribution in [0, 0.1) is 6.92 Å². The summed E-state index contributed by atoms with van der Waals surface area (Å²) in [7, 11) is 1.78. The fourth-order valence-corrected chi connectivity index (χ4v) is 1.41. The molecule has 0 saturated heterocycles. The standard InChI is InChI=1S/C9H13ClN2O/c1-6-3-4-7(9(10)12-6)8(13)5-11-2/h3-4,8,11,13H,5H2,1-2H3. The van der Waals surface area contributed by atoms with Gasteiger partial charge in [-0.3, -0.25) is 0 Å². The monoisotopic (exact) mass is 200 g/mol. The maximum absolute atomic E-state index is 9.61. The molecule has 2 N–H and O–H groups in total. The third-order valence-corrected chi connectivity index (χ3v) is 2.08. The van der Waals surface area contributed by atoms with E-state index in [1.807, 2.05) is 13.0 Å². The van der Waals surface area contributed by atoms with Crippen LogP contribution in [0.3, 0.4) is 0 Å². The Labute approximate surface area is 82.8 Å². The molecule has 72 valence electrons. The van der Waals surface area contributed by atoms with Crippen molar-refractivity contribution in [2.24, 2.45) is 0 Å². The van der Waals surface area contributed by atoms with E-state index in [2.05, 4.69) is 10.3 Å². The van der Waals surface area contributed by atoms with Crippen molar-refractivity contribution in [3.05, 3.63) is 28.5 Å². The molecule has 0 aliphatic heterocycles. The van der Waals surface area contributed by atoms with Crippen molar-refractivity contribution >= 4 is 11.6 Å². The van der Waals surface area contributed by atoms with Crippen LogP contribution >= 0.6 is 11.6 Å². The van der Waals surface area contributed by atoms with Crippen molar-refractivity contribution in [2.45, 2.75) is 13.0 Å². The second-order valence-corrected chi connectivity index (χ2v) is 3.26. The fraction of sp³-hybridized carbons (Fsp3) is 0.444. The highest BCUT2D eigenvalue weighted by Crippen LogP contribution is 2.20. The molecule has 1 unspecified atom stereocenters. The van der Waals surface area contributed by atoms with E-state index in [1.54, 1.807) is 13.1 Å². The first-order valence-corrected chi connectivity index (χ1v) is 4.48. The largest absolute Gasteiger partial charge is 0.387 e. The summed E-state index contributed by atoms with van der Waals surface area (Å²) in [6.07, 6.45) is -0.592. The summed E-state index contributed by atoms with van der Waals surface area (Å²) in [5.41, 5.74) is 1.52. The van der Waals surface area contributed by atoms with E-state index in [-0.39, 0.29) is 0 Å². The number of aliphatic hydroxyl groups is 1. The van der Waals surface area contributed by atoms with Gasteiger partial charge >= 0.3 is 0 Å². The van der Waals surface area contributed by atoms with Crippen LogP contribution in [-0.2, 0) is 0 Å². The molecule has 0 fully saturated rings. The topological polar surface area (TPSA) is 45.1 Å². The average molecular weight is 201 g/mol. The van der Waals surface area contributed by atoms with E-state index in [0.29, 0.717) is 17.3 Å². The van der Waals surface area contributed by atoms with Crippen molar-refractivity contribution in [3.63, 3.8) is 0 Å². The lowest BCUT2D eigenvalue weighted by Crippen LogP contribution is -2.17. The number of halogens is 1. The lowest BCUT2D eigenvalue weighted by atomic mass is 10.1. The lowest BCUT2D eigenvalue weighted by molar-refractivity contribution is 0.177. The molecular formula is C9H13ClN2O. The summed E-state index contributed by atoms with van der Waals surface area (Å²) < 4.78 is 0. The Kier molecular flexibility index (Phi) is 3.66. The number of hydrogen-bond acceptors (Lipinski definition) is 3. The van der Waals surface area contributed by atoms with Gasteiger partial charge in [0, 0.05) is 17.8 Å². The molecule has 1 heterocycles. The Morgan fingerprint density at radius 2 is 2.31 bits per heavy atom. The highest BCUT2D eigenvalue weighted by atomic mass is 35.5. The summed E-state index contributed by atoms with van der Waals surface area (Å²) in [6.45, 7) is 2.34. The Bertz CT molecular complexity index is 291. The number of pyridine rings is 1. The first kappa shape index (κ1) is 10.4. The zero-order chi connectivity index (χ0) is 9.84. The zero-order valence-electron chi connectivity index (χ0n) is 7.71. The van der Waals surface area contributed by atoms with Crippen LogP contribution in [0.5, 0.6) is 0 Å². The summed E-state index contributed by atoms with van der Waals surface area (Å²) in [5.74, 6) is 0. The molecule has 1 atom stereocenters. The first-order chi connectivity index (χ1) is 6.15. The minimum absolute atomic E-state index is 0.378. The summed E-state index contributed by atoms with van der Waals surface area (Å²) in [4.78, 5) is 4.05.